The number of sulfonamides is 2. The zero-order valence-electron chi connectivity index (χ0n) is 15.9. The van der Waals surface area contributed by atoms with Crippen molar-refractivity contribution in [2.24, 2.45) is 0 Å². The first-order chi connectivity index (χ1) is 13.2. The molecule has 28 heavy (non-hydrogen) atoms. The van der Waals surface area contributed by atoms with Crippen LogP contribution in [0.1, 0.15) is 23.8 Å². The molecule has 0 amide bonds. The van der Waals surface area contributed by atoms with Crippen LogP contribution >= 0.6 is 11.3 Å². The number of hydrogen-bond acceptors (Lipinski definition) is 6. The van der Waals surface area contributed by atoms with Crippen molar-refractivity contribution in [1.29, 1.82) is 0 Å². The molecule has 7 nitrogen and oxygen atoms in total. The van der Waals surface area contributed by atoms with Gasteiger partial charge in [-0.25, -0.2) is 21.6 Å². The fraction of sp³-hybridized carbons (Fsp3) is 0.444. The van der Waals surface area contributed by atoms with E-state index in [0.717, 1.165) is 11.3 Å². The van der Waals surface area contributed by atoms with E-state index >= 15 is 0 Å². The highest BCUT2D eigenvalue weighted by molar-refractivity contribution is 7.92. The molecule has 0 spiro atoms. The van der Waals surface area contributed by atoms with E-state index in [1.165, 1.54) is 16.4 Å². The van der Waals surface area contributed by atoms with Crippen LogP contribution in [-0.4, -0.2) is 54.7 Å². The Balaban J connectivity index is 1.73. The van der Waals surface area contributed by atoms with Crippen molar-refractivity contribution in [3.63, 3.8) is 0 Å². The van der Waals surface area contributed by atoms with Crippen LogP contribution in [0.4, 0.5) is 5.69 Å². The average Bonchev–Trinajstić information content (AvgIpc) is 3.15. The fourth-order valence-electron chi connectivity index (χ4n) is 3.16. The highest BCUT2D eigenvalue weighted by atomic mass is 32.2. The van der Waals surface area contributed by atoms with E-state index in [9.17, 15) is 16.8 Å². The van der Waals surface area contributed by atoms with Crippen LogP contribution in [0, 0.1) is 0 Å². The number of likely N-dealkylation sites (N-methyl/N-ethyl adjacent to an activating group) is 1. The van der Waals surface area contributed by atoms with Gasteiger partial charge in [-0.15, -0.1) is 11.3 Å². The van der Waals surface area contributed by atoms with Crippen molar-refractivity contribution in [3.8, 4) is 0 Å². The Hall–Kier alpha value is -1.46. The van der Waals surface area contributed by atoms with Gasteiger partial charge in [0.2, 0.25) is 20.0 Å². The Labute approximate surface area is 171 Å². The lowest BCUT2D eigenvalue weighted by Gasteiger charge is -2.28. The first kappa shape index (κ1) is 21.3. The van der Waals surface area contributed by atoms with Crippen molar-refractivity contribution in [2.75, 3.05) is 37.2 Å². The van der Waals surface area contributed by atoms with Gasteiger partial charge in [-0.3, -0.25) is 4.31 Å². The zero-order chi connectivity index (χ0) is 20.4. The van der Waals surface area contributed by atoms with E-state index in [0.29, 0.717) is 18.7 Å². The van der Waals surface area contributed by atoms with E-state index in [1.54, 1.807) is 23.5 Å². The number of rotatable bonds is 7. The molecule has 1 aliphatic heterocycles. The molecule has 3 rings (SSSR count). The van der Waals surface area contributed by atoms with Crippen LogP contribution in [0.15, 0.2) is 46.7 Å². The molecule has 2 aromatic rings. The normalized spacial score (nSPS) is 18.3. The van der Waals surface area contributed by atoms with Gasteiger partial charge in [0.25, 0.3) is 0 Å². The van der Waals surface area contributed by atoms with Gasteiger partial charge in [0.05, 0.1) is 22.4 Å². The van der Waals surface area contributed by atoms with Gasteiger partial charge in [-0.05, 0) is 62.6 Å². The van der Waals surface area contributed by atoms with Crippen molar-refractivity contribution in [1.82, 2.24) is 9.62 Å². The molecule has 154 valence electrons. The fourth-order valence-corrected chi connectivity index (χ4v) is 6.76. The number of hydrogen-bond donors (Lipinski definition) is 1. The maximum absolute atomic E-state index is 12.7. The Morgan fingerprint density at radius 3 is 2.46 bits per heavy atom. The molecule has 1 aromatic heterocycles. The summed E-state index contributed by atoms with van der Waals surface area (Å²) in [5.74, 6) is 0.128. The molecule has 2 heterocycles. The third kappa shape index (κ3) is 4.74. The van der Waals surface area contributed by atoms with Crippen LogP contribution < -0.4 is 9.03 Å². The molecule has 1 fully saturated rings. The Kier molecular flexibility index (Phi) is 6.45. The third-order valence-corrected chi connectivity index (χ3v) is 9.03. The molecule has 0 unspecified atom stereocenters. The van der Waals surface area contributed by atoms with Gasteiger partial charge >= 0.3 is 0 Å². The van der Waals surface area contributed by atoms with Gasteiger partial charge in [0.15, 0.2) is 0 Å². The molecule has 1 saturated heterocycles. The molecule has 0 bridgehead atoms. The Morgan fingerprint density at radius 2 is 1.89 bits per heavy atom. The highest BCUT2D eigenvalue weighted by Crippen LogP contribution is 2.26. The van der Waals surface area contributed by atoms with Gasteiger partial charge in [0.1, 0.15) is 0 Å². The molecular weight excluding hydrogens is 418 g/mol. The van der Waals surface area contributed by atoms with Crippen LogP contribution in [0.3, 0.4) is 0 Å². The van der Waals surface area contributed by atoms with E-state index in [4.69, 9.17) is 0 Å². The molecule has 1 N–H and O–H groups in total. The van der Waals surface area contributed by atoms with Crippen molar-refractivity contribution in [3.05, 3.63) is 46.7 Å². The summed E-state index contributed by atoms with van der Waals surface area (Å²) in [5.41, 5.74) is 0.503. The number of nitrogens with zero attached hydrogens (tertiary/aromatic N) is 2. The predicted octanol–water partition coefficient (Wildman–Crippen LogP) is 2.26. The maximum atomic E-state index is 12.7. The third-order valence-electron chi connectivity index (χ3n) is 4.75. The standard InChI is InChI=1S/C18H25N3O4S3/c1-20(2)17(18-6-5-12-26-18)14-19-28(24,25)16-9-7-15(8-10-16)21-11-3-4-13-27(21,22)23/h5-10,12,17,19H,3-4,11,13-14H2,1-2H3/t17-/m1/s1. The molecule has 10 heteroatoms. The second-order valence-electron chi connectivity index (χ2n) is 6.94. The predicted molar refractivity (Wildman–Crippen MR) is 113 cm³/mol. The van der Waals surface area contributed by atoms with Crippen LogP contribution in [0.25, 0.3) is 0 Å². The lowest BCUT2D eigenvalue weighted by Crippen LogP contribution is -2.37. The molecule has 0 saturated carbocycles. The quantitative estimate of drug-likeness (QED) is 0.709. The summed E-state index contributed by atoms with van der Waals surface area (Å²) < 4.78 is 53.8. The second-order valence-corrected chi connectivity index (χ2v) is 11.7. The summed E-state index contributed by atoms with van der Waals surface area (Å²) in [5, 5.41) is 1.97. The second kappa shape index (κ2) is 8.50. The van der Waals surface area contributed by atoms with Crippen molar-refractivity contribution < 1.29 is 16.8 Å². The molecular formula is C18H25N3O4S3. The minimum absolute atomic E-state index is 0.0625. The lowest BCUT2D eigenvalue weighted by atomic mass is 10.2. The first-order valence-corrected chi connectivity index (χ1v) is 13.0. The summed E-state index contributed by atoms with van der Waals surface area (Å²) in [7, 11) is -3.19. The van der Waals surface area contributed by atoms with Crippen LogP contribution in [-0.2, 0) is 20.0 Å². The van der Waals surface area contributed by atoms with Crippen molar-refractivity contribution >= 4 is 37.1 Å². The topological polar surface area (TPSA) is 86.8 Å². The summed E-state index contributed by atoms with van der Waals surface area (Å²) >= 11 is 1.58. The minimum atomic E-state index is -3.70. The summed E-state index contributed by atoms with van der Waals surface area (Å²) in [6.07, 6.45) is 1.46. The van der Waals surface area contributed by atoms with E-state index in [2.05, 4.69) is 4.72 Å². The summed E-state index contributed by atoms with van der Waals surface area (Å²) in [6.45, 7) is 0.677. The monoisotopic (exact) mass is 443 g/mol. The van der Waals surface area contributed by atoms with Gasteiger partial charge in [-0.1, -0.05) is 6.07 Å². The first-order valence-electron chi connectivity index (χ1n) is 9.01. The number of thiophene rings is 1. The SMILES string of the molecule is CN(C)[C@H](CNS(=O)(=O)c1ccc(N2CCCCS2(=O)=O)cc1)c1cccs1. The van der Waals surface area contributed by atoms with Crippen LogP contribution in [0.2, 0.25) is 0 Å². The van der Waals surface area contributed by atoms with E-state index in [-0.39, 0.29) is 23.2 Å². The number of nitrogens with one attached hydrogen (secondary N) is 1. The molecule has 0 aliphatic carbocycles. The molecule has 0 radical (unpaired) electrons. The highest BCUT2D eigenvalue weighted by Gasteiger charge is 2.26. The number of benzene rings is 1. The van der Waals surface area contributed by atoms with E-state index < -0.39 is 20.0 Å². The zero-order valence-corrected chi connectivity index (χ0v) is 18.4. The molecule has 1 atom stereocenters. The van der Waals surface area contributed by atoms with Crippen LogP contribution in [0.5, 0.6) is 0 Å². The lowest BCUT2D eigenvalue weighted by molar-refractivity contribution is 0.303. The smallest absolute Gasteiger partial charge is 0.240 e. The Bertz CT molecular complexity index is 985. The summed E-state index contributed by atoms with van der Waals surface area (Å²) in [4.78, 5) is 3.17. The molecule has 1 aromatic carbocycles. The van der Waals surface area contributed by atoms with Gasteiger partial charge in [-0.2, -0.15) is 0 Å². The average molecular weight is 444 g/mol. The maximum Gasteiger partial charge on any atom is 0.240 e. The van der Waals surface area contributed by atoms with Gasteiger partial charge < -0.3 is 4.90 Å². The molecule has 1 aliphatic rings. The van der Waals surface area contributed by atoms with E-state index in [1.807, 2.05) is 36.5 Å². The van der Waals surface area contributed by atoms with Crippen molar-refractivity contribution in [2.45, 2.75) is 23.8 Å². The summed E-state index contributed by atoms with van der Waals surface area (Å²) in [6, 6.07) is 9.89. The number of anilines is 1. The minimum Gasteiger partial charge on any atom is -0.300 e. The Morgan fingerprint density at radius 1 is 1.18 bits per heavy atom. The van der Waals surface area contributed by atoms with Gasteiger partial charge in [0, 0.05) is 18.0 Å². The largest absolute Gasteiger partial charge is 0.300 e.